The van der Waals surface area contributed by atoms with Crippen LogP contribution in [0.5, 0.6) is 11.5 Å². The average molecular weight is 480 g/mol. The molecule has 0 fully saturated rings. The van der Waals surface area contributed by atoms with Gasteiger partial charge in [-0.15, -0.1) is 0 Å². The molecule has 0 saturated heterocycles. The number of nitrogens with one attached hydrogen (secondary N) is 2. The molecule has 5 nitrogen and oxygen atoms in total. The molecule has 3 aromatic carbocycles. The second-order valence-electron chi connectivity index (χ2n) is 6.72. The molecule has 0 aromatic heterocycles. The number of halogens is 3. The van der Waals surface area contributed by atoms with Gasteiger partial charge in [0, 0.05) is 22.9 Å². The van der Waals surface area contributed by atoms with Crippen molar-refractivity contribution < 1.29 is 14.3 Å². The lowest BCUT2D eigenvalue weighted by Crippen LogP contribution is -2.20. The number of methoxy groups -OCH3 is 1. The van der Waals surface area contributed by atoms with Crippen molar-refractivity contribution in [1.29, 1.82) is 0 Å². The van der Waals surface area contributed by atoms with E-state index in [1.165, 1.54) is 0 Å². The lowest BCUT2D eigenvalue weighted by molar-refractivity contribution is -0.118. The Hall–Kier alpha value is -2.60. The van der Waals surface area contributed by atoms with E-state index in [1.54, 1.807) is 31.4 Å². The van der Waals surface area contributed by atoms with E-state index in [1.807, 2.05) is 37.3 Å². The van der Waals surface area contributed by atoms with E-state index in [0.717, 1.165) is 16.8 Å². The van der Waals surface area contributed by atoms with Crippen LogP contribution in [0, 0.1) is 6.92 Å². The normalized spacial score (nSPS) is 10.5. The van der Waals surface area contributed by atoms with Crippen molar-refractivity contribution in [3.8, 4) is 11.5 Å². The van der Waals surface area contributed by atoms with Crippen molar-refractivity contribution in [3.63, 3.8) is 0 Å². The van der Waals surface area contributed by atoms with Crippen molar-refractivity contribution in [2.45, 2.75) is 13.5 Å². The van der Waals surface area contributed by atoms with Crippen LogP contribution < -0.4 is 20.1 Å². The van der Waals surface area contributed by atoms with Gasteiger partial charge in [-0.25, -0.2) is 0 Å². The van der Waals surface area contributed by atoms with Crippen LogP contribution in [0.3, 0.4) is 0 Å². The topological polar surface area (TPSA) is 59.6 Å². The molecule has 0 unspecified atom stereocenters. The van der Waals surface area contributed by atoms with Gasteiger partial charge in [0.2, 0.25) is 0 Å². The molecule has 3 rings (SSSR count). The molecular weight excluding hydrogens is 459 g/mol. The molecule has 31 heavy (non-hydrogen) atoms. The van der Waals surface area contributed by atoms with Crippen LogP contribution in [0.25, 0.3) is 0 Å². The molecule has 0 atom stereocenters. The number of anilines is 2. The molecule has 8 heteroatoms. The van der Waals surface area contributed by atoms with Crippen LogP contribution in [-0.2, 0) is 11.3 Å². The molecule has 0 radical (unpaired) electrons. The van der Waals surface area contributed by atoms with Gasteiger partial charge >= 0.3 is 0 Å². The SMILES string of the molecule is COc1cc(CNc2cccc(Cl)c2C)ccc1OCC(=O)Nc1ccc(Cl)c(Cl)c1. The first-order valence-electron chi connectivity index (χ1n) is 9.41. The van der Waals surface area contributed by atoms with Gasteiger partial charge in [0.15, 0.2) is 18.1 Å². The van der Waals surface area contributed by atoms with E-state index in [0.29, 0.717) is 38.8 Å². The van der Waals surface area contributed by atoms with E-state index in [4.69, 9.17) is 44.3 Å². The third-order valence-electron chi connectivity index (χ3n) is 4.54. The zero-order chi connectivity index (χ0) is 22.4. The Morgan fingerprint density at radius 2 is 1.74 bits per heavy atom. The molecule has 0 heterocycles. The predicted octanol–water partition coefficient (Wildman–Crippen LogP) is 6.59. The zero-order valence-electron chi connectivity index (χ0n) is 17.0. The Morgan fingerprint density at radius 3 is 2.48 bits per heavy atom. The molecule has 0 spiro atoms. The van der Waals surface area contributed by atoms with Gasteiger partial charge in [-0.1, -0.05) is 46.9 Å². The van der Waals surface area contributed by atoms with Crippen LogP contribution in [0.15, 0.2) is 54.6 Å². The molecule has 3 aromatic rings. The molecule has 0 aliphatic rings. The lowest BCUT2D eigenvalue weighted by Gasteiger charge is -2.14. The van der Waals surface area contributed by atoms with Crippen molar-refractivity contribution in [2.75, 3.05) is 24.4 Å². The predicted molar refractivity (Wildman–Crippen MR) is 127 cm³/mol. The maximum Gasteiger partial charge on any atom is 0.262 e. The Kier molecular flexibility index (Phi) is 7.91. The van der Waals surface area contributed by atoms with Gasteiger partial charge in [-0.05, 0) is 60.5 Å². The summed E-state index contributed by atoms with van der Waals surface area (Å²) in [6.07, 6.45) is 0. The summed E-state index contributed by atoms with van der Waals surface area (Å²) in [7, 11) is 1.55. The number of benzene rings is 3. The molecule has 0 saturated carbocycles. The van der Waals surface area contributed by atoms with Gasteiger partial charge in [0.05, 0.1) is 17.2 Å². The summed E-state index contributed by atoms with van der Waals surface area (Å²) in [4.78, 5) is 12.2. The quantitative estimate of drug-likeness (QED) is 0.382. The van der Waals surface area contributed by atoms with Crippen molar-refractivity contribution in [1.82, 2.24) is 0 Å². The van der Waals surface area contributed by atoms with Crippen LogP contribution in [0.2, 0.25) is 15.1 Å². The van der Waals surface area contributed by atoms with Gasteiger partial charge in [0.25, 0.3) is 5.91 Å². The summed E-state index contributed by atoms with van der Waals surface area (Å²) in [5, 5.41) is 7.56. The summed E-state index contributed by atoms with van der Waals surface area (Å²) in [6.45, 7) is 2.36. The Morgan fingerprint density at radius 1 is 0.935 bits per heavy atom. The second-order valence-corrected chi connectivity index (χ2v) is 7.94. The summed E-state index contributed by atoms with van der Waals surface area (Å²) in [6, 6.07) is 16.1. The Bertz CT molecular complexity index is 1090. The van der Waals surface area contributed by atoms with Crippen LogP contribution >= 0.6 is 34.8 Å². The van der Waals surface area contributed by atoms with Gasteiger partial charge in [0.1, 0.15) is 0 Å². The van der Waals surface area contributed by atoms with Gasteiger partial charge in [-0.3, -0.25) is 4.79 Å². The first-order chi connectivity index (χ1) is 14.9. The average Bonchev–Trinajstić information content (AvgIpc) is 2.76. The van der Waals surface area contributed by atoms with E-state index in [9.17, 15) is 4.79 Å². The number of hydrogen-bond acceptors (Lipinski definition) is 4. The van der Waals surface area contributed by atoms with E-state index in [2.05, 4.69) is 10.6 Å². The maximum absolute atomic E-state index is 12.2. The monoisotopic (exact) mass is 478 g/mol. The first-order valence-corrected chi connectivity index (χ1v) is 10.5. The molecule has 1 amide bonds. The second kappa shape index (κ2) is 10.6. The molecule has 0 aliphatic heterocycles. The number of amides is 1. The smallest absolute Gasteiger partial charge is 0.262 e. The van der Waals surface area contributed by atoms with Crippen molar-refractivity contribution in [2.24, 2.45) is 0 Å². The minimum absolute atomic E-state index is 0.185. The highest BCUT2D eigenvalue weighted by Gasteiger charge is 2.10. The fraction of sp³-hybridized carbons (Fsp3) is 0.174. The van der Waals surface area contributed by atoms with Gasteiger partial charge < -0.3 is 20.1 Å². The minimum Gasteiger partial charge on any atom is -0.493 e. The highest BCUT2D eigenvalue weighted by molar-refractivity contribution is 6.42. The van der Waals surface area contributed by atoms with Crippen LogP contribution in [0.1, 0.15) is 11.1 Å². The van der Waals surface area contributed by atoms with E-state index in [-0.39, 0.29) is 12.5 Å². The number of hydrogen-bond donors (Lipinski definition) is 2. The number of ether oxygens (including phenoxy) is 2. The van der Waals surface area contributed by atoms with Crippen LogP contribution in [-0.4, -0.2) is 19.6 Å². The molecular formula is C23H21Cl3N2O3. The van der Waals surface area contributed by atoms with Gasteiger partial charge in [-0.2, -0.15) is 0 Å². The number of carbonyl (C=O) groups is 1. The zero-order valence-corrected chi connectivity index (χ0v) is 19.2. The summed E-state index contributed by atoms with van der Waals surface area (Å²) < 4.78 is 11.1. The summed E-state index contributed by atoms with van der Waals surface area (Å²) >= 11 is 18.0. The largest absolute Gasteiger partial charge is 0.493 e. The summed E-state index contributed by atoms with van der Waals surface area (Å²) in [5.74, 6) is 0.668. The Labute approximate surface area is 196 Å². The number of carbonyl (C=O) groups excluding carboxylic acids is 1. The number of rotatable bonds is 8. The highest BCUT2D eigenvalue weighted by Crippen LogP contribution is 2.29. The van der Waals surface area contributed by atoms with Crippen molar-refractivity contribution >= 4 is 52.1 Å². The lowest BCUT2D eigenvalue weighted by atomic mass is 10.1. The summed E-state index contributed by atoms with van der Waals surface area (Å²) in [5.41, 5.74) is 3.48. The van der Waals surface area contributed by atoms with E-state index < -0.39 is 0 Å². The Balaban J connectivity index is 1.59. The third-order valence-corrected chi connectivity index (χ3v) is 5.69. The van der Waals surface area contributed by atoms with Crippen LogP contribution in [0.4, 0.5) is 11.4 Å². The maximum atomic E-state index is 12.2. The highest BCUT2D eigenvalue weighted by atomic mass is 35.5. The minimum atomic E-state index is -0.331. The first kappa shape index (κ1) is 23.1. The molecule has 2 N–H and O–H groups in total. The molecule has 0 bridgehead atoms. The van der Waals surface area contributed by atoms with Crippen molar-refractivity contribution in [3.05, 3.63) is 80.8 Å². The fourth-order valence-corrected chi connectivity index (χ4v) is 3.32. The molecule has 162 valence electrons. The van der Waals surface area contributed by atoms with E-state index >= 15 is 0 Å². The fourth-order valence-electron chi connectivity index (χ4n) is 2.85. The molecule has 0 aliphatic carbocycles. The standard InChI is InChI=1S/C23H21Cl3N2O3/c1-14-17(24)4-3-5-20(14)27-12-15-6-9-21(22(10-15)30-2)31-13-23(29)28-16-7-8-18(25)19(26)11-16/h3-11,27H,12-13H2,1-2H3,(H,28,29). The third kappa shape index (κ3) is 6.20.